The van der Waals surface area contributed by atoms with Crippen molar-refractivity contribution in [3.8, 4) is 11.5 Å². The van der Waals surface area contributed by atoms with Crippen molar-refractivity contribution in [3.05, 3.63) is 83.9 Å². The molecule has 0 bridgehead atoms. The maximum absolute atomic E-state index is 12.2. The van der Waals surface area contributed by atoms with Crippen molar-refractivity contribution >= 4 is 23.5 Å². The lowest BCUT2D eigenvalue weighted by molar-refractivity contribution is -0.118. The Kier molecular flexibility index (Phi) is 6.84. The van der Waals surface area contributed by atoms with Gasteiger partial charge in [-0.25, -0.2) is 0 Å². The lowest BCUT2D eigenvalue weighted by atomic mass is 10.2. The van der Waals surface area contributed by atoms with Gasteiger partial charge in [0.15, 0.2) is 18.1 Å². The van der Waals surface area contributed by atoms with Gasteiger partial charge >= 0.3 is 0 Å². The van der Waals surface area contributed by atoms with E-state index >= 15 is 0 Å². The van der Waals surface area contributed by atoms with Crippen LogP contribution >= 0.6 is 0 Å². The van der Waals surface area contributed by atoms with Gasteiger partial charge in [0, 0.05) is 5.69 Å². The first-order chi connectivity index (χ1) is 14.2. The van der Waals surface area contributed by atoms with Gasteiger partial charge in [0.25, 0.3) is 5.91 Å². The van der Waals surface area contributed by atoms with Crippen LogP contribution in [0.5, 0.6) is 11.5 Å². The molecule has 0 heterocycles. The quantitative estimate of drug-likeness (QED) is 0.441. The second-order valence-electron chi connectivity index (χ2n) is 6.30. The number of hydrogen-bond donors (Lipinski definition) is 2. The van der Waals surface area contributed by atoms with Crippen LogP contribution in [0.25, 0.3) is 0 Å². The number of nitrogens with zero attached hydrogens (tertiary/aromatic N) is 1. The number of ether oxygens (including phenoxy) is 2. The van der Waals surface area contributed by atoms with E-state index < -0.39 is 0 Å². The molecule has 3 aromatic carbocycles. The van der Waals surface area contributed by atoms with Gasteiger partial charge in [-0.05, 0) is 54.4 Å². The monoisotopic (exact) mass is 389 g/mol. The molecule has 6 heteroatoms. The van der Waals surface area contributed by atoms with Crippen LogP contribution in [0.3, 0.4) is 0 Å². The van der Waals surface area contributed by atoms with Crippen molar-refractivity contribution in [1.29, 1.82) is 0 Å². The van der Waals surface area contributed by atoms with Crippen LogP contribution in [0.2, 0.25) is 0 Å². The first-order valence-corrected chi connectivity index (χ1v) is 9.16. The molecule has 1 amide bonds. The van der Waals surface area contributed by atoms with Crippen molar-refractivity contribution in [2.75, 3.05) is 24.5 Å². The highest BCUT2D eigenvalue weighted by Gasteiger charge is 2.09. The van der Waals surface area contributed by atoms with Gasteiger partial charge in [0.05, 0.1) is 19.0 Å². The summed E-state index contributed by atoms with van der Waals surface area (Å²) < 4.78 is 11.0. The molecular weight excluding hydrogens is 366 g/mol. The standard InChI is InChI=1S/C23H23N3O3/c1-17-8-6-7-11-20(17)25-23(27)16-29-21-13-12-18(14-22(21)28-2)15-24-26-19-9-4-3-5-10-19/h3-15,26H,16H2,1-2H3,(H,25,27). The number of carbonyl (C=O) groups is 1. The van der Waals surface area contributed by atoms with Gasteiger partial charge in [-0.2, -0.15) is 5.10 Å². The minimum Gasteiger partial charge on any atom is -0.493 e. The van der Waals surface area contributed by atoms with E-state index in [4.69, 9.17) is 9.47 Å². The Morgan fingerprint density at radius 1 is 1.00 bits per heavy atom. The fourth-order valence-electron chi connectivity index (χ4n) is 2.62. The third-order valence-corrected chi connectivity index (χ3v) is 4.15. The lowest BCUT2D eigenvalue weighted by Gasteiger charge is -2.12. The highest BCUT2D eigenvalue weighted by molar-refractivity contribution is 5.92. The lowest BCUT2D eigenvalue weighted by Crippen LogP contribution is -2.20. The maximum atomic E-state index is 12.2. The Hall–Kier alpha value is -3.80. The smallest absolute Gasteiger partial charge is 0.262 e. The summed E-state index contributed by atoms with van der Waals surface area (Å²) in [7, 11) is 1.55. The van der Waals surface area contributed by atoms with Crippen LogP contribution in [0, 0.1) is 6.92 Å². The van der Waals surface area contributed by atoms with E-state index in [9.17, 15) is 4.79 Å². The molecule has 0 spiro atoms. The molecule has 29 heavy (non-hydrogen) atoms. The number of rotatable bonds is 8. The Morgan fingerprint density at radius 3 is 2.52 bits per heavy atom. The molecule has 0 aliphatic rings. The molecule has 0 saturated carbocycles. The summed E-state index contributed by atoms with van der Waals surface area (Å²) in [5, 5.41) is 7.05. The number of hydrazone groups is 1. The Balaban J connectivity index is 1.58. The number of aryl methyl sites for hydroxylation is 1. The second kappa shape index (κ2) is 9.94. The predicted molar refractivity (Wildman–Crippen MR) is 116 cm³/mol. The zero-order valence-corrected chi connectivity index (χ0v) is 16.4. The van der Waals surface area contributed by atoms with Crippen LogP contribution in [0.4, 0.5) is 11.4 Å². The number of anilines is 2. The fraction of sp³-hybridized carbons (Fsp3) is 0.130. The number of carbonyl (C=O) groups excluding carboxylic acids is 1. The highest BCUT2D eigenvalue weighted by Crippen LogP contribution is 2.27. The maximum Gasteiger partial charge on any atom is 0.262 e. The molecule has 148 valence electrons. The van der Waals surface area contributed by atoms with Crippen LogP contribution in [0.15, 0.2) is 77.9 Å². The number of amides is 1. The molecule has 0 fully saturated rings. The minimum atomic E-state index is -0.237. The van der Waals surface area contributed by atoms with E-state index in [-0.39, 0.29) is 12.5 Å². The molecule has 0 saturated heterocycles. The molecule has 0 radical (unpaired) electrons. The summed E-state index contributed by atoms with van der Waals surface area (Å²) in [5.41, 5.74) is 6.45. The average Bonchev–Trinajstić information content (AvgIpc) is 2.75. The average molecular weight is 389 g/mol. The summed E-state index contributed by atoms with van der Waals surface area (Å²) in [4.78, 5) is 12.2. The summed E-state index contributed by atoms with van der Waals surface area (Å²) in [6.45, 7) is 1.82. The van der Waals surface area contributed by atoms with E-state index in [0.717, 1.165) is 22.5 Å². The summed E-state index contributed by atoms with van der Waals surface area (Å²) in [5.74, 6) is 0.775. The first-order valence-electron chi connectivity index (χ1n) is 9.16. The van der Waals surface area contributed by atoms with Gasteiger partial charge in [-0.15, -0.1) is 0 Å². The van der Waals surface area contributed by atoms with Crippen molar-refractivity contribution in [2.24, 2.45) is 5.10 Å². The third kappa shape index (κ3) is 5.84. The normalized spacial score (nSPS) is 10.6. The van der Waals surface area contributed by atoms with Crippen LogP contribution in [-0.4, -0.2) is 25.8 Å². The van der Waals surface area contributed by atoms with Gasteiger partial charge in [-0.1, -0.05) is 36.4 Å². The summed E-state index contributed by atoms with van der Waals surface area (Å²) in [6.07, 6.45) is 1.68. The highest BCUT2D eigenvalue weighted by atomic mass is 16.5. The molecule has 0 aliphatic carbocycles. The second-order valence-corrected chi connectivity index (χ2v) is 6.30. The Morgan fingerprint density at radius 2 is 1.76 bits per heavy atom. The molecular formula is C23H23N3O3. The van der Waals surface area contributed by atoms with E-state index in [1.54, 1.807) is 25.5 Å². The largest absolute Gasteiger partial charge is 0.493 e. The van der Waals surface area contributed by atoms with Crippen molar-refractivity contribution in [3.63, 3.8) is 0 Å². The zero-order valence-electron chi connectivity index (χ0n) is 16.4. The number of nitrogens with one attached hydrogen (secondary N) is 2. The first kappa shape index (κ1) is 19.9. The minimum absolute atomic E-state index is 0.117. The van der Waals surface area contributed by atoms with Gasteiger partial charge in [0.2, 0.25) is 0 Å². The zero-order chi connectivity index (χ0) is 20.5. The van der Waals surface area contributed by atoms with Crippen molar-refractivity contribution in [2.45, 2.75) is 6.92 Å². The van der Waals surface area contributed by atoms with Gasteiger partial charge < -0.3 is 14.8 Å². The predicted octanol–water partition coefficient (Wildman–Crippen LogP) is 4.47. The van der Waals surface area contributed by atoms with E-state index in [0.29, 0.717) is 11.5 Å². The van der Waals surface area contributed by atoms with E-state index in [1.165, 1.54) is 0 Å². The molecule has 0 atom stereocenters. The summed E-state index contributed by atoms with van der Waals surface area (Å²) >= 11 is 0. The van der Waals surface area contributed by atoms with Gasteiger partial charge in [-0.3, -0.25) is 10.2 Å². The Bertz CT molecular complexity index is 988. The number of para-hydroxylation sites is 2. The van der Waals surface area contributed by atoms with Gasteiger partial charge in [0.1, 0.15) is 0 Å². The molecule has 0 aromatic heterocycles. The van der Waals surface area contributed by atoms with Crippen LogP contribution in [-0.2, 0) is 4.79 Å². The topological polar surface area (TPSA) is 71.9 Å². The molecule has 0 unspecified atom stereocenters. The number of methoxy groups -OCH3 is 1. The SMILES string of the molecule is COc1cc(C=NNc2ccccc2)ccc1OCC(=O)Nc1ccccc1C. The summed E-state index contributed by atoms with van der Waals surface area (Å²) in [6, 6.07) is 22.6. The molecule has 3 aromatic rings. The van der Waals surface area contributed by atoms with E-state index in [1.807, 2.05) is 67.6 Å². The molecule has 6 nitrogen and oxygen atoms in total. The molecule has 0 aliphatic heterocycles. The Labute approximate surface area is 170 Å². The van der Waals surface area contributed by atoms with Crippen LogP contribution in [0.1, 0.15) is 11.1 Å². The number of benzene rings is 3. The molecule has 2 N–H and O–H groups in total. The number of hydrogen-bond acceptors (Lipinski definition) is 5. The van der Waals surface area contributed by atoms with E-state index in [2.05, 4.69) is 15.8 Å². The van der Waals surface area contributed by atoms with Crippen molar-refractivity contribution in [1.82, 2.24) is 0 Å². The third-order valence-electron chi connectivity index (χ3n) is 4.15. The van der Waals surface area contributed by atoms with Crippen LogP contribution < -0.4 is 20.2 Å². The van der Waals surface area contributed by atoms with Crippen molar-refractivity contribution < 1.29 is 14.3 Å². The molecule has 3 rings (SSSR count). The fourth-order valence-corrected chi connectivity index (χ4v) is 2.62.